The highest BCUT2D eigenvalue weighted by Crippen LogP contribution is 2.41. The van der Waals surface area contributed by atoms with E-state index < -0.39 is 6.04 Å². The van der Waals surface area contributed by atoms with Crippen molar-refractivity contribution in [2.45, 2.75) is 31.3 Å². The van der Waals surface area contributed by atoms with Crippen LogP contribution in [0.5, 0.6) is 0 Å². The van der Waals surface area contributed by atoms with Gasteiger partial charge in [-0.25, -0.2) is 0 Å². The zero-order valence-corrected chi connectivity index (χ0v) is 16.9. The van der Waals surface area contributed by atoms with E-state index >= 15 is 0 Å². The van der Waals surface area contributed by atoms with Gasteiger partial charge in [0.05, 0.1) is 6.04 Å². The van der Waals surface area contributed by atoms with Crippen molar-refractivity contribution in [3.05, 3.63) is 84.1 Å². The summed E-state index contributed by atoms with van der Waals surface area (Å²) >= 11 is 0. The van der Waals surface area contributed by atoms with Gasteiger partial charge >= 0.3 is 0 Å². The fraction of sp³-hybridized carbons (Fsp3) is 0.280. The minimum absolute atomic E-state index is 0.0174. The summed E-state index contributed by atoms with van der Waals surface area (Å²) in [4.78, 5) is 33.5. The SMILES string of the molecule is C=CCN1CC(=O)N2[C@H](CCc3ccccc3)c3[nH]c4ccccc4c3C[C@H]2C1=O. The number of nitrogens with zero attached hydrogens (tertiary/aromatic N) is 2. The predicted octanol–water partition coefficient (Wildman–Crippen LogP) is 3.62. The molecule has 5 rings (SSSR count). The summed E-state index contributed by atoms with van der Waals surface area (Å²) in [6.07, 6.45) is 3.87. The number of carbonyl (C=O) groups excluding carboxylic acids is 2. The van der Waals surface area contributed by atoms with Gasteiger partial charge in [0.2, 0.25) is 11.8 Å². The molecule has 2 atom stereocenters. The Labute approximate surface area is 176 Å². The van der Waals surface area contributed by atoms with Crippen molar-refractivity contribution < 1.29 is 9.59 Å². The highest BCUT2D eigenvalue weighted by Gasteiger charge is 2.47. The van der Waals surface area contributed by atoms with E-state index in [0.29, 0.717) is 13.0 Å². The van der Waals surface area contributed by atoms with Gasteiger partial charge in [-0.3, -0.25) is 9.59 Å². The lowest BCUT2D eigenvalue weighted by Crippen LogP contribution is -2.62. The second-order valence-electron chi connectivity index (χ2n) is 8.13. The minimum Gasteiger partial charge on any atom is -0.356 e. The quantitative estimate of drug-likeness (QED) is 0.666. The van der Waals surface area contributed by atoms with Crippen molar-refractivity contribution >= 4 is 22.7 Å². The molecule has 0 unspecified atom stereocenters. The van der Waals surface area contributed by atoms with Crippen LogP contribution in [0.15, 0.2) is 67.3 Å². The maximum Gasteiger partial charge on any atom is 0.246 e. The molecule has 152 valence electrons. The zero-order chi connectivity index (χ0) is 20.7. The number of H-pyrrole nitrogens is 1. The summed E-state index contributed by atoms with van der Waals surface area (Å²) in [5.74, 6) is 0.0407. The fourth-order valence-electron chi connectivity index (χ4n) is 5.00. The number of aromatic nitrogens is 1. The molecule has 0 spiro atoms. The maximum absolute atomic E-state index is 13.3. The molecular formula is C25H25N3O2. The molecule has 1 aromatic heterocycles. The van der Waals surface area contributed by atoms with Gasteiger partial charge < -0.3 is 14.8 Å². The number of hydrogen-bond acceptors (Lipinski definition) is 2. The molecule has 1 N–H and O–H groups in total. The van der Waals surface area contributed by atoms with E-state index in [-0.39, 0.29) is 24.4 Å². The number of piperazine rings is 1. The number of benzene rings is 2. The third-order valence-electron chi connectivity index (χ3n) is 6.36. The first-order chi connectivity index (χ1) is 14.7. The molecule has 2 aliphatic heterocycles. The number of para-hydroxylation sites is 1. The van der Waals surface area contributed by atoms with Gasteiger partial charge in [0, 0.05) is 29.6 Å². The van der Waals surface area contributed by atoms with Crippen LogP contribution in [0.3, 0.4) is 0 Å². The lowest BCUT2D eigenvalue weighted by Gasteiger charge is -2.47. The van der Waals surface area contributed by atoms with Crippen LogP contribution in [-0.4, -0.2) is 45.7 Å². The van der Waals surface area contributed by atoms with Crippen LogP contribution >= 0.6 is 0 Å². The van der Waals surface area contributed by atoms with E-state index in [1.807, 2.05) is 35.2 Å². The molecule has 1 fully saturated rings. The second kappa shape index (κ2) is 7.48. The van der Waals surface area contributed by atoms with Crippen LogP contribution in [0, 0.1) is 0 Å². The van der Waals surface area contributed by atoms with Crippen molar-refractivity contribution in [3.63, 3.8) is 0 Å². The summed E-state index contributed by atoms with van der Waals surface area (Å²) in [5, 5.41) is 1.15. The summed E-state index contributed by atoms with van der Waals surface area (Å²) < 4.78 is 0. The van der Waals surface area contributed by atoms with E-state index in [4.69, 9.17) is 0 Å². The molecule has 3 heterocycles. The Balaban J connectivity index is 1.57. The number of aryl methyl sites for hydroxylation is 1. The van der Waals surface area contributed by atoms with Gasteiger partial charge in [-0.05, 0) is 30.0 Å². The van der Waals surface area contributed by atoms with E-state index in [1.165, 1.54) is 11.1 Å². The molecular weight excluding hydrogens is 374 g/mol. The number of amides is 2. The van der Waals surface area contributed by atoms with E-state index in [9.17, 15) is 9.59 Å². The van der Waals surface area contributed by atoms with Gasteiger partial charge in [-0.15, -0.1) is 6.58 Å². The van der Waals surface area contributed by atoms with Crippen molar-refractivity contribution in [1.82, 2.24) is 14.8 Å². The highest BCUT2D eigenvalue weighted by atomic mass is 16.2. The van der Waals surface area contributed by atoms with Gasteiger partial charge in [-0.2, -0.15) is 0 Å². The molecule has 0 radical (unpaired) electrons. The average molecular weight is 399 g/mol. The lowest BCUT2D eigenvalue weighted by atomic mass is 9.87. The number of rotatable bonds is 5. The van der Waals surface area contributed by atoms with Crippen LogP contribution in [-0.2, 0) is 22.4 Å². The van der Waals surface area contributed by atoms with Gasteiger partial charge in [0.25, 0.3) is 0 Å². The standard InChI is InChI=1S/C25H25N3O2/c1-2-14-27-16-23(29)28-21(13-12-17-8-4-3-5-9-17)24-19(15-22(28)25(27)30)18-10-6-7-11-20(18)26-24/h2-11,21-22,26H,1,12-16H2/t21-,22+/m1/s1. The third kappa shape index (κ3) is 3.02. The van der Waals surface area contributed by atoms with Crippen LogP contribution in [0.2, 0.25) is 0 Å². The Hall–Kier alpha value is -3.34. The summed E-state index contributed by atoms with van der Waals surface area (Å²) in [7, 11) is 0. The normalized spacial score (nSPS) is 20.9. The largest absolute Gasteiger partial charge is 0.356 e. The lowest BCUT2D eigenvalue weighted by molar-refractivity contribution is -0.159. The van der Waals surface area contributed by atoms with E-state index in [2.05, 4.69) is 35.8 Å². The smallest absolute Gasteiger partial charge is 0.246 e. The monoisotopic (exact) mass is 399 g/mol. The van der Waals surface area contributed by atoms with Crippen LogP contribution in [0.1, 0.15) is 29.3 Å². The first kappa shape index (κ1) is 18.7. The van der Waals surface area contributed by atoms with Gasteiger partial charge in [-0.1, -0.05) is 54.6 Å². The molecule has 0 saturated carbocycles. The minimum atomic E-state index is -0.446. The zero-order valence-electron chi connectivity index (χ0n) is 16.9. The predicted molar refractivity (Wildman–Crippen MR) is 117 cm³/mol. The topological polar surface area (TPSA) is 56.4 Å². The molecule has 3 aromatic rings. The van der Waals surface area contributed by atoms with Crippen molar-refractivity contribution in [2.24, 2.45) is 0 Å². The molecule has 1 saturated heterocycles. The maximum atomic E-state index is 13.3. The Morgan fingerprint density at radius 2 is 1.83 bits per heavy atom. The Morgan fingerprint density at radius 3 is 2.63 bits per heavy atom. The summed E-state index contributed by atoms with van der Waals surface area (Å²) in [6.45, 7) is 4.27. The first-order valence-corrected chi connectivity index (χ1v) is 10.5. The fourth-order valence-corrected chi connectivity index (χ4v) is 5.00. The van der Waals surface area contributed by atoms with Gasteiger partial charge in [0.15, 0.2) is 0 Å². The summed E-state index contributed by atoms with van der Waals surface area (Å²) in [6, 6.07) is 17.9. The molecule has 0 aliphatic carbocycles. The molecule has 5 nitrogen and oxygen atoms in total. The number of hydrogen-bond donors (Lipinski definition) is 1. The van der Waals surface area contributed by atoms with E-state index in [0.717, 1.165) is 29.4 Å². The number of carbonyl (C=O) groups is 2. The number of fused-ring (bicyclic) bond motifs is 4. The van der Waals surface area contributed by atoms with Crippen molar-refractivity contribution in [3.8, 4) is 0 Å². The number of aromatic amines is 1. The van der Waals surface area contributed by atoms with Crippen molar-refractivity contribution in [1.29, 1.82) is 0 Å². The van der Waals surface area contributed by atoms with Gasteiger partial charge in [0.1, 0.15) is 12.6 Å². The molecule has 2 aliphatic rings. The highest BCUT2D eigenvalue weighted by molar-refractivity contribution is 5.97. The third-order valence-corrected chi connectivity index (χ3v) is 6.36. The molecule has 5 heteroatoms. The van der Waals surface area contributed by atoms with Crippen LogP contribution in [0.4, 0.5) is 0 Å². The van der Waals surface area contributed by atoms with E-state index in [1.54, 1.807) is 11.0 Å². The molecule has 2 amide bonds. The Kier molecular flexibility index (Phi) is 4.66. The average Bonchev–Trinajstić information content (AvgIpc) is 3.14. The summed E-state index contributed by atoms with van der Waals surface area (Å²) in [5.41, 5.74) is 4.56. The molecule has 0 bridgehead atoms. The van der Waals surface area contributed by atoms with Crippen LogP contribution < -0.4 is 0 Å². The van der Waals surface area contributed by atoms with Crippen molar-refractivity contribution in [2.75, 3.05) is 13.1 Å². The first-order valence-electron chi connectivity index (χ1n) is 10.5. The Bertz CT molecular complexity index is 1120. The molecule has 2 aromatic carbocycles. The number of nitrogens with one attached hydrogen (secondary N) is 1. The molecule has 30 heavy (non-hydrogen) atoms. The second-order valence-corrected chi connectivity index (χ2v) is 8.13. The Morgan fingerprint density at radius 1 is 1.07 bits per heavy atom. The van der Waals surface area contributed by atoms with Crippen LogP contribution in [0.25, 0.3) is 10.9 Å².